The van der Waals surface area contributed by atoms with Crippen LogP contribution >= 0.6 is 11.3 Å². The molecule has 1 aromatic heterocycles. The van der Waals surface area contributed by atoms with Gasteiger partial charge in [-0.3, -0.25) is 0 Å². The van der Waals surface area contributed by atoms with Crippen LogP contribution in [0.1, 0.15) is 25.8 Å². The Morgan fingerprint density at radius 1 is 1.56 bits per heavy atom. The number of nitrogens with one attached hydrogen (secondary N) is 2. The summed E-state index contributed by atoms with van der Waals surface area (Å²) in [6, 6.07) is 1.62. The standard InChI is InChI=1S/C11H18N2O2S/c1-3-5-12-10(14)13-8-11(2,15)9-4-6-16-7-9/h4,6-7,15H,3,5,8H2,1-2H3,(H2,12,13,14). The lowest BCUT2D eigenvalue weighted by Crippen LogP contribution is -2.43. The second kappa shape index (κ2) is 5.86. The first-order valence-corrected chi connectivity index (χ1v) is 6.27. The highest BCUT2D eigenvalue weighted by atomic mass is 32.1. The van der Waals surface area contributed by atoms with E-state index in [0.717, 1.165) is 12.0 Å². The molecule has 0 saturated carbocycles. The Morgan fingerprint density at radius 2 is 2.31 bits per heavy atom. The fourth-order valence-electron chi connectivity index (χ4n) is 1.23. The number of aliphatic hydroxyl groups is 1. The molecule has 0 saturated heterocycles. The molecule has 4 nitrogen and oxygen atoms in total. The van der Waals surface area contributed by atoms with Gasteiger partial charge in [0.15, 0.2) is 0 Å². The summed E-state index contributed by atoms with van der Waals surface area (Å²) < 4.78 is 0. The van der Waals surface area contributed by atoms with E-state index in [1.807, 2.05) is 23.8 Å². The van der Waals surface area contributed by atoms with E-state index < -0.39 is 5.60 Å². The summed E-state index contributed by atoms with van der Waals surface area (Å²) >= 11 is 1.53. The normalized spacial score (nSPS) is 14.2. The molecule has 3 N–H and O–H groups in total. The number of amides is 2. The van der Waals surface area contributed by atoms with Crippen molar-refractivity contribution in [1.82, 2.24) is 10.6 Å². The molecule has 0 aliphatic carbocycles. The minimum atomic E-state index is -1.01. The van der Waals surface area contributed by atoms with E-state index >= 15 is 0 Å². The fourth-order valence-corrected chi connectivity index (χ4v) is 2.01. The second-order valence-corrected chi connectivity index (χ2v) is 4.68. The molecule has 1 heterocycles. The van der Waals surface area contributed by atoms with Gasteiger partial charge in [0, 0.05) is 6.54 Å². The van der Waals surface area contributed by atoms with Crippen molar-refractivity contribution in [3.63, 3.8) is 0 Å². The molecule has 0 aliphatic heterocycles. The van der Waals surface area contributed by atoms with Gasteiger partial charge in [-0.05, 0) is 35.7 Å². The number of carbonyl (C=O) groups excluding carboxylic acids is 1. The summed E-state index contributed by atoms with van der Waals surface area (Å²) in [4.78, 5) is 11.3. The third kappa shape index (κ3) is 3.83. The van der Waals surface area contributed by atoms with E-state index in [1.54, 1.807) is 6.92 Å². The van der Waals surface area contributed by atoms with Crippen LogP contribution in [0.5, 0.6) is 0 Å². The van der Waals surface area contributed by atoms with Gasteiger partial charge in [0.1, 0.15) is 5.60 Å². The molecule has 5 heteroatoms. The van der Waals surface area contributed by atoms with Gasteiger partial charge in [-0.2, -0.15) is 11.3 Å². The highest BCUT2D eigenvalue weighted by Gasteiger charge is 2.23. The molecule has 1 unspecified atom stereocenters. The minimum absolute atomic E-state index is 0.208. The van der Waals surface area contributed by atoms with Gasteiger partial charge in [0.05, 0.1) is 6.54 Å². The van der Waals surface area contributed by atoms with Crippen LogP contribution in [-0.4, -0.2) is 24.2 Å². The quantitative estimate of drug-likeness (QED) is 0.735. The van der Waals surface area contributed by atoms with Crippen LogP contribution in [-0.2, 0) is 5.60 Å². The molecule has 0 radical (unpaired) electrons. The van der Waals surface area contributed by atoms with Gasteiger partial charge in [-0.15, -0.1) is 0 Å². The van der Waals surface area contributed by atoms with Crippen molar-refractivity contribution >= 4 is 17.4 Å². The Labute approximate surface area is 99.7 Å². The molecule has 1 atom stereocenters. The Bertz CT molecular complexity index is 323. The van der Waals surface area contributed by atoms with E-state index in [4.69, 9.17) is 0 Å². The van der Waals surface area contributed by atoms with Crippen LogP contribution in [0.3, 0.4) is 0 Å². The van der Waals surface area contributed by atoms with Gasteiger partial charge in [-0.1, -0.05) is 6.92 Å². The molecule has 0 spiro atoms. The lowest BCUT2D eigenvalue weighted by atomic mass is 9.99. The first-order chi connectivity index (χ1) is 7.56. The molecule has 0 aliphatic rings. The van der Waals surface area contributed by atoms with Crippen molar-refractivity contribution in [2.75, 3.05) is 13.1 Å². The SMILES string of the molecule is CCCNC(=O)NCC(C)(O)c1ccsc1. The smallest absolute Gasteiger partial charge is 0.314 e. The summed E-state index contributed by atoms with van der Waals surface area (Å²) in [7, 11) is 0. The third-order valence-corrected chi connectivity index (χ3v) is 2.96. The van der Waals surface area contributed by atoms with E-state index in [9.17, 15) is 9.90 Å². The van der Waals surface area contributed by atoms with Crippen molar-refractivity contribution in [2.45, 2.75) is 25.9 Å². The zero-order valence-corrected chi connectivity index (χ0v) is 10.4. The topological polar surface area (TPSA) is 61.4 Å². The maximum atomic E-state index is 11.3. The van der Waals surface area contributed by atoms with Gasteiger partial charge in [-0.25, -0.2) is 4.79 Å². The highest BCUT2D eigenvalue weighted by Crippen LogP contribution is 2.21. The lowest BCUT2D eigenvalue weighted by Gasteiger charge is -2.22. The largest absolute Gasteiger partial charge is 0.384 e. The number of carbonyl (C=O) groups is 1. The third-order valence-electron chi connectivity index (χ3n) is 2.27. The summed E-state index contributed by atoms with van der Waals surface area (Å²) in [6.45, 7) is 4.53. The van der Waals surface area contributed by atoms with Gasteiger partial charge >= 0.3 is 6.03 Å². The zero-order chi connectivity index (χ0) is 12.0. The summed E-state index contributed by atoms with van der Waals surface area (Å²) in [5.41, 5.74) is -0.183. The van der Waals surface area contributed by atoms with Crippen molar-refractivity contribution in [1.29, 1.82) is 0 Å². The predicted molar refractivity (Wildman–Crippen MR) is 65.6 cm³/mol. The first kappa shape index (κ1) is 13.0. The van der Waals surface area contributed by atoms with E-state index in [1.165, 1.54) is 11.3 Å². The molecule has 0 bridgehead atoms. The fraction of sp³-hybridized carbons (Fsp3) is 0.545. The maximum absolute atomic E-state index is 11.3. The molecule has 2 amide bonds. The molecular formula is C11H18N2O2S. The Hall–Kier alpha value is -1.07. The number of hydrogen-bond acceptors (Lipinski definition) is 3. The Kier molecular flexibility index (Phi) is 4.76. The predicted octanol–water partition coefficient (Wildman–Crippen LogP) is 1.66. The lowest BCUT2D eigenvalue weighted by molar-refractivity contribution is 0.0598. The molecule has 1 aromatic rings. The van der Waals surface area contributed by atoms with Crippen LogP contribution in [0, 0.1) is 0 Å². The van der Waals surface area contributed by atoms with Crippen LogP contribution < -0.4 is 10.6 Å². The molecule has 16 heavy (non-hydrogen) atoms. The van der Waals surface area contributed by atoms with E-state index in [2.05, 4.69) is 10.6 Å². The van der Waals surface area contributed by atoms with Gasteiger partial charge < -0.3 is 15.7 Å². The average molecular weight is 242 g/mol. The van der Waals surface area contributed by atoms with E-state index in [-0.39, 0.29) is 12.6 Å². The van der Waals surface area contributed by atoms with Gasteiger partial charge in [0.2, 0.25) is 0 Å². The second-order valence-electron chi connectivity index (χ2n) is 3.90. The Morgan fingerprint density at radius 3 is 2.88 bits per heavy atom. The van der Waals surface area contributed by atoms with Crippen molar-refractivity contribution in [3.05, 3.63) is 22.4 Å². The summed E-state index contributed by atoms with van der Waals surface area (Å²) in [5.74, 6) is 0. The van der Waals surface area contributed by atoms with Crippen LogP contribution in [0.15, 0.2) is 16.8 Å². The minimum Gasteiger partial charge on any atom is -0.384 e. The number of rotatable bonds is 5. The van der Waals surface area contributed by atoms with Crippen molar-refractivity contribution in [3.8, 4) is 0 Å². The van der Waals surface area contributed by atoms with Gasteiger partial charge in [0.25, 0.3) is 0 Å². The van der Waals surface area contributed by atoms with Crippen LogP contribution in [0.25, 0.3) is 0 Å². The van der Waals surface area contributed by atoms with Crippen molar-refractivity contribution in [2.24, 2.45) is 0 Å². The average Bonchev–Trinajstić information content (AvgIpc) is 2.77. The van der Waals surface area contributed by atoms with Crippen molar-refractivity contribution < 1.29 is 9.90 Å². The molecule has 0 fully saturated rings. The monoisotopic (exact) mass is 242 g/mol. The number of hydrogen-bond donors (Lipinski definition) is 3. The molecular weight excluding hydrogens is 224 g/mol. The summed E-state index contributed by atoms with van der Waals surface area (Å²) in [5, 5.41) is 19.2. The van der Waals surface area contributed by atoms with E-state index in [0.29, 0.717) is 6.54 Å². The van der Waals surface area contributed by atoms with Crippen LogP contribution in [0.4, 0.5) is 4.79 Å². The highest BCUT2D eigenvalue weighted by molar-refractivity contribution is 7.08. The number of thiophene rings is 1. The molecule has 0 aromatic carbocycles. The Balaban J connectivity index is 2.39. The maximum Gasteiger partial charge on any atom is 0.314 e. The molecule has 90 valence electrons. The molecule has 1 rings (SSSR count). The number of urea groups is 1. The summed E-state index contributed by atoms with van der Waals surface area (Å²) in [6.07, 6.45) is 0.897. The first-order valence-electron chi connectivity index (χ1n) is 5.33. The zero-order valence-electron chi connectivity index (χ0n) is 9.62. The van der Waals surface area contributed by atoms with Crippen LogP contribution in [0.2, 0.25) is 0 Å².